The van der Waals surface area contributed by atoms with Crippen molar-refractivity contribution < 1.29 is 0 Å². The number of rotatable bonds is 2. The second kappa shape index (κ2) is 24.5. The molecule has 3 fully saturated rings. The van der Waals surface area contributed by atoms with Crippen LogP contribution >= 0.6 is 0 Å². The van der Waals surface area contributed by atoms with Gasteiger partial charge in [0.1, 0.15) is 0 Å². The summed E-state index contributed by atoms with van der Waals surface area (Å²) in [7, 11) is 8.58. The minimum absolute atomic E-state index is 0. The fraction of sp³-hybridized carbons (Fsp3) is 1.00. The molecule has 2 unspecified atom stereocenters. The number of hydrogen-bond acceptors (Lipinski definition) is 4. The van der Waals surface area contributed by atoms with E-state index in [4.69, 9.17) is 0 Å². The Morgan fingerprint density at radius 1 is 0.647 bits per heavy atom. The normalized spacial score (nSPS) is 23.5. The second-order valence-corrected chi connectivity index (χ2v) is 11.1. The molecule has 3 aliphatic heterocycles. The van der Waals surface area contributed by atoms with E-state index in [9.17, 15) is 0 Å². The van der Waals surface area contributed by atoms with Gasteiger partial charge in [-0.2, -0.15) is 0 Å². The highest BCUT2D eigenvalue weighted by Crippen LogP contribution is 2.14. The number of nitrogens with one attached hydrogen (secondary N) is 1. The average Bonchev–Trinajstić information content (AvgIpc) is 3.08. The number of hydrogen-bond donors (Lipinski definition) is 1. The van der Waals surface area contributed by atoms with Gasteiger partial charge in [0.05, 0.1) is 0 Å². The molecule has 0 spiro atoms. The summed E-state index contributed by atoms with van der Waals surface area (Å²) in [4.78, 5) is 7.19. The highest BCUT2D eigenvalue weighted by atomic mass is 15.1. The summed E-state index contributed by atoms with van der Waals surface area (Å²) < 4.78 is 0. The Hall–Kier alpha value is -0.160. The van der Waals surface area contributed by atoms with Crippen molar-refractivity contribution >= 4 is 0 Å². The van der Waals surface area contributed by atoms with Gasteiger partial charge >= 0.3 is 0 Å². The Labute approximate surface area is 220 Å². The van der Waals surface area contributed by atoms with Gasteiger partial charge in [-0.3, -0.25) is 0 Å². The van der Waals surface area contributed by atoms with Crippen molar-refractivity contribution in [3.05, 3.63) is 0 Å². The highest BCUT2D eigenvalue weighted by molar-refractivity contribution is 4.71. The van der Waals surface area contributed by atoms with Crippen LogP contribution in [0.3, 0.4) is 0 Å². The van der Waals surface area contributed by atoms with E-state index in [0.29, 0.717) is 5.54 Å². The van der Waals surface area contributed by atoms with Gasteiger partial charge in [-0.05, 0) is 124 Å². The lowest BCUT2D eigenvalue weighted by atomic mass is 10.00. The van der Waals surface area contributed by atoms with Crippen LogP contribution < -0.4 is 5.32 Å². The minimum Gasteiger partial charge on any atom is -0.315 e. The van der Waals surface area contributed by atoms with E-state index in [0.717, 1.165) is 17.8 Å². The maximum absolute atomic E-state index is 3.19. The number of piperidine rings is 2. The fourth-order valence-electron chi connectivity index (χ4n) is 3.89. The summed E-state index contributed by atoms with van der Waals surface area (Å²) in [6.45, 7) is 21.4. The molecular formula is C30H74N4. The van der Waals surface area contributed by atoms with Crippen molar-refractivity contribution in [1.29, 1.82) is 0 Å². The maximum Gasteiger partial charge on any atom is 0.0119 e. The van der Waals surface area contributed by atoms with Crippen LogP contribution in [-0.2, 0) is 0 Å². The summed E-state index contributed by atoms with van der Waals surface area (Å²) in [5.41, 5.74) is 0.333. The first-order chi connectivity index (χ1) is 14.0. The van der Waals surface area contributed by atoms with E-state index in [1.165, 1.54) is 77.8 Å². The molecule has 0 amide bonds. The molecule has 3 rings (SSSR count). The lowest BCUT2D eigenvalue weighted by Gasteiger charge is -2.26. The lowest BCUT2D eigenvalue weighted by Crippen LogP contribution is -2.34. The molecule has 3 saturated heterocycles. The molecule has 0 aliphatic carbocycles. The Morgan fingerprint density at radius 3 is 1.24 bits per heavy atom. The van der Waals surface area contributed by atoms with Gasteiger partial charge in [0.2, 0.25) is 0 Å². The Kier molecular flexibility index (Phi) is 31.7. The van der Waals surface area contributed by atoms with Crippen LogP contribution in [0.4, 0.5) is 0 Å². The van der Waals surface area contributed by atoms with Crippen molar-refractivity contribution in [3.8, 4) is 0 Å². The summed E-state index contributed by atoms with van der Waals surface area (Å²) >= 11 is 0. The van der Waals surface area contributed by atoms with E-state index in [-0.39, 0.29) is 29.7 Å². The topological polar surface area (TPSA) is 21.8 Å². The third-order valence-electron chi connectivity index (χ3n) is 7.05. The second-order valence-electron chi connectivity index (χ2n) is 11.1. The first-order valence-corrected chi connectivity index (χ1v) is 12.7. The van der Waals surface area contributed by atoms with Crippen LogP contribution in [0.15, 0.2) is 0 Å². The fourth-order valence-corrected chi connectivity index (χ4v) is 3.89. The molecule has 0 aromatic heterocycles. The number of likely N-dealkylation sites (tertiary alicyclic amines) is 3. The molecule has 2 atom stereocenters. The van der Waals surface area contributed by atoms with Crippen molar-refractivity contribution in [3.63, 3.8) is 0 Å². The van der Waals surface area contributed by atoms with Gasteiger partial charge in [0.15, 0.2) is 0 Å². The molecule has 3 heterocycles. The molecule has 1 N–H and O–H groups in total. The quantitative estimate of drug-likeness (QED) is 0.430. The van der Waals surface area contributed by atoms with E-state index >= 15 is 0 Å². The van der Waals surface area contributed by atoms with Gasteiger partial charge in [-0.1, -0.05) is 57.4 Å². The van der Waals surface area contributed by atoms with Gasteiger partial charge in [-0.15, -0.1) is 0 Å². The maximum atomic E-state index is 3.19. The smallest absolute Gasteiger partial charge is 0.0119 e. The number of nitrogens with zero attached hydrogens (tertiary/aromatic N) is 3. The van der Waals surface area contributed by atoms with Gasteiger partial charge < -0.3 is 20.0 Å². The van der Waals surface area contributed by atoms with Gasteiger partial charge in [-0.25, -0.2) is 0 Å². The zero-order valence-electron chi connectivity index (χ0n) is 22.6. The summed E-state index contributed by atoms with van der Waals surface area (Å²) in [6.07, 6.45) is 8.22. The van der Waals surface area contributed by atoms with E-state index in [2.05, 4.69) is 82.7 Å². The van der Waals surface area contributed by atoms with Crippen LogP contribution in [0.1, 0.15) is 110 Å². The Morgan fingerprint density at radius 2 is 1.03 bits per heavy atom. The van der Waals surface area contributed by atoms with Gasteiger partial charge in [0.25, 0.3) is 0 Å². The molecule has 0 aromatic carbocycles. The monoisotopic (exact) mass is 491 g/mol. The third-order valence-corrected chi connectivity index (χ3v) is 7.05. The third kappa shape index (κ3) is 24.9. The largest absolute Gasteiger partial charge is 0.315 e. The van der Waals surface area contributed by atoms with Crippen molar-refractivity contribution in [2.75, 3.05) is 67.5 Å². The molecule has 0 radical (unpaired) electrons. The minimum atomic E-state index is 0. The predicted octanol–water partition coefficient (Wildman–Crippen LogP) is 7.59. The van der Waals surface area contributed by atoms with Crippen molar-refractivity contribution in [1.82, 2.24) is 20.0 Å². The molecule has 34 heavy (non-hydrogen) atoms. The summed E-state index contributed by atoms with van der Waals surface area (Å²) in [6, 6.07) is 0. The van der Waals surface area contributed by atoms with Crippen LogP contribution in [0.5, 0.6) is 0 Å². The molecule has 0 bridgehead atoms. The van der Waals surface area contributed by atoms with Crippen LogP contribution in [0.2, 0.25) is 0 Å². The molecule has 0 saturated carbocycles. The lowest BCUT2D eigenvalue weighted by molar-refractivity contribution is 0.221. The summed E-state index contributed by atoms with van der Waals surface area (Å²) in [5, 5.41) is 3.19. The molecule has 3 aliphatic rings. The van der Waals surface area contributed by atoms with Crippen LogP contribution in [0, 0.1) is 17.8 Å². The predicted molar refractivity (Wildman–Crippen MR) is 163 cm³/mol. The van der Waals surface area contributed by atoms with Gasteiger partial charge in [0, 0.05) is 18.6 Å². The van der Waals surface area contributed by atoms with E-state index in [1.807, 2.05) is 7.05 Å². The standard InChI is InChI=1S/2C7H15N.C6H13N.C6H15N.4CH4/c1-7-3-5-8(2)6-4-7;1-7-4-3-5-8(2)6-7;1-6-3-4-7(2)5-6;1-5-6(2,3)7-4;;;;/h2*7H,3-6H2,1-2H3;6H,3-5H2,1-2H3;7H,5H2,1-4H3;4*1H4. The molecule has 214 valence electrons. The zero-order valence-corrected chi connectivity index (χ0v) is 22.6. The van der Waals surface area contributed by atoms with E-state index in [1.54, 1.807) is 0 Å². The molecule has 4 nitrogen and oxygen atoms in total. The highest BCUT2D eigenvalue weighted by Gasteiger charge is 2.13. The first kappa shape index (κ1) is 43.9. The van der Waals surface area contributed by atoms with Crippen LogP contribution in [0.25, 0.3) is 0 Å². The zero-order chi connectivity index (χ0) is 23.2. The first-order valence-electron chi connectivity index (χ1n) is 12.7. The average molecular weight is 491 g/mol. The van der Waals surface area contributed by atoms with Crippen molar-refractivity contribution in [2.45, 2.75) is 115 Å². The Bertz CT molecular complexity index is 359. The van der Waals surface area contributed by atoms with Crippen LogP contribution in [-0.4, -0.2) is 87.7 Å². The SMILES string of the molecule is C.C.C.C.CC1CCCN(C)C1.CC1CCN(C)C1.CC1CCN(C)CC1.CCC(C)(C)NC. The Balaban J connectivity index is -0.000000106. The summed E-state index contributed by atoms with van der Waals surface area (Å²) in [5.74, 6) is 2.87. The van der Waals surface area contributed by atoms with Crippen molar-refractivity contribution in [2.24, 2.45) is 17.8 Å². The molecular weight excluding hydrogens is 416 g/mol. The molecule has 0 aromatic rings. The molecule has 4 heteroatoms. The van der Waals surface area contributed by atoms with E-state index < -0.39 is 0 Å².